The van der Waals surface area contributed by atoms with Gasteiger partial charge in [-0.05, 0) is 31.9 Å². The molecule has 2 nitrogen and oxygen atoms in total. The van der Waals surface area contributed by atoms with Crippen molar-refractivity contribution < 1.29 is 0 Å². The largest absolute Gasteiger partial charge is 0.308 e. The van der Waals surface area contributed by atoms with Gasteiger partial charge in [-0.2, -0.15) is 0 Å². The molecule has 0 aliphatic heterocycles. The molecule has 0 fully saturated rings. The molecule has 1 aromatic carbocycles. The predicted molar refractivity (Wildman–Crippen MR) is 79.4 cm³/mol. The van der Waals surface area contributed by atoms with Crippen LogP contribution in [0.5, 0.6) is 0 Å². The van der Waals surface area contributed by atoms with Gasteiger partial charge in [-0.1, -0.05) is 48.6 Å². The van der Waals surface area contributed by atoms with Crippen LogP contribution in [0.4, 0.5) is 0 Å². The standard InChI is InChI=1S/C17H19NO/c1-13(2)16(12-15-9-5-4-6-10-15)18-11-7-8-14(3)17(18)19/h4-11,16H,1,12H2,2-3H3/t16-/m0/s1. The van der Waals surface area contributed by atoms with E-state index in [1.807, 2.05) is 50.4 Å². The minimum atomic E-state index is 0.00907. The molecule has 2 aromatic rings. The Balaban J connectivity index is 2.39. The van der Waals surface area contributed by atoms with E-state index in [2.05, 4.69) is 18.7 Å². The van der Waals surface area contributed by atoms with Crippen molar-refractivity contribution in [1.29, 1.82) is 0 Å². The lowest BCUT2D eigenvalue weighted by Crippen LogP contribution is -2.27. The molecule has 1 heterocycles. The number of benzene rings is 1. The van der Waals surface area contributed by atoms with Crippen molar-refractivity contribution >= 4 is 0 Å². The van der Waals surface area contributed by atoms with Crippen molar-refractivity contribution in [1.82, 2.24) is 4.57 Å². The summed E-state index contributed by atoms with van der Waals surface area (Å²) in [4.78, 5) is 12.2. The number of hydrogen-bond acceptors (Lipinski definition) is 1. The number of nitrogens with zero attached hydrogens (tertiary/aromatic N) is 1. The molecule has 0 spiro atoms. The van der Waals surface area contributed by atoms with Gasteiger partial charge in [-0.3, -0.25) is 4.79 Å². The molecule has 0 N–H and O–H groups in total. The van der Waals surface area contributed by atoms with Crippen molar-refractivity contribution in [3.8, 4) is 0 Å². The van der Waals surface area contributed by atoms with Crippen LogP contribution in [0.3, 0.4) is 0 Å². The second-order valence-corrected chi connectivity index (χ2v) is 4.96. The Labute approximate surface area is 114 Å². The van der Waals surface area contributed by atoms with Gasteiger partial charge in [0.2, 0.25) is 0 Å². The maximum Gasteiger partial charge on any atom is 0.254 e. The highest BCUT2D eigenvalue weighted by Gasteiger charge is 2.14. The molecule has 0 aliphatic carbocycles. The van der Waals surface area contributed by atoms with Crippen LogP contribution in [0.1, 0.15) is 24.1 Å². The van der Waals surface area contributed by atoms with E-state index in [9.17, 15) is 4.79 Å². The minimum Gasteiger partial charge on any atom is -0.308 e. The van der Waals surface area contributed by atoms with Gasteiger partial charge in [-0.25, -0.2) is 0 Å². The second kappa shape index (κ2) is 5.70. The molecule has 2 heteroatoms. The average molecular weight is 253 g/mol. The lowest BCUT2D eigenvalue weighted by molar-refractivity contribution is 0.550. The zero-order valence-electron chi connectivity index (χ0n) is 11.5. The Morgan fingerprint density at radius 2 is 1.89 bits per heavy atom. The summed E-state index contributed by atoms with van der Waals surface area (Å²) in [6, 6.07) is 14.0. The van der Waals surface area contributed by atoms with Gasteiger partial charge >= 0.3 is 0 Å². The van der Waals surface area contributed by atoms with Crippen LogP contribution >= 0.6 is 0 Å². The molecule has 0 aliphatic rings. The van der Waals surface area contributed by atoms with Crippen molar-refractivity contribution in [2.45, 2.75) is 26.3 Å². The van der Waals surface area contributed by atoms with Crippen LogP contribution < -0.4 is 5.56 Å². The maximum absolute atomic E-state index is 12.2. The molecule has 98 valence electrons. The SMILES string of the molecule is C=C(C)[C@H](Cc1ccccc1)n1cccc(C)c1=O. The van der Waals surface area contributed by atoms with Crippen LogP contribution in [-0.4, -0.2) is 4.57 Å². The Hall–Kier alpha value is -2.09. The molecule has 0 saturated heterocycles. The monoisotopic (exact) mass is 253 g/mol. The third kappa shape index (κ3) is 3.02. The molecule has 0 bridgehead atoms. The third-order valence-electron chi connectivity index (χ3n) is 3.34. The van der Waals surface area contributed by atoms with Crippen LogP contribution in [0, 0.1) is 6.92 Å². The van der Waals surface area contributed by atoms with Crippen molar-refractivity contribution in [3.05, 3.63) is 82.3 Å². The molecule has 2 rings (SSSR count). The summed E-state index contributed by atoms with van der Waals surface area (Å²) in [5.41, 5.74) is 3.04. The van der Waals surface area contributed by atoms with E-state index in [1.165, 1.54) is 5.56 Å². The molecule has 1 atom stereocenters. The molecule has 0 radical (unpaired) electrons. The number of rotatable bonds is 4. The normalized spacial score (nSPS) is 12.1. The first-order valence-corrected chi connectivity index (χ1v) is 6.46. The second-order valence-electron chi connectivity index (χ2n) is 4.96. The quantitative estimate of drug-likeness (QED) is 0.764. The summed E-state index contributed by atoms with van der Waals surface area (Å²) in [6.07, 6.45) is 2.64. The zero-order chi connectivity index (χ0) is 13.8. The first-order chi connectivity index (χ1) is 9.09. The predicted octanol–water partition coefficient (Wildman–Crippen LogP) is 3.52. The molecule has 0 saturated carbocycles. The maximum atomic E-state index is 12.2. The first kappa shape index (κ1) is 13.3. The third-order valence-corrected chi connectivity index (χ3v) is 3.34. The van der Waals surface area contributed by atoms with Gasteiger partial charge in [0.05, 0.1) is 6.04 Å². The molecular formula is C17H19NO. The van der Waals surface area contributed by atoms with E-state index in [1.54, 1.807) is 4.57 Å². The molecule has 19 heavy (non-hydrogen) atoms. The molecule has 1 aromatic heterocycles. The summed E-state index contributed by atoms with van der Waals surface area (Å²) in [7, 11) is 0. The van der Waals surface area contributed by atoms with Gasteiger partial charge in [-0.15, -0.1) is 0 Å². The van der Waals surface area contributed by atoms with Crippen molar-refractivity contribution in [2.75, 3.05) is 0 Å². The summed E-state index contributed by atoms with van der Waals surface area (Å²) < 4.78 is 1.78. The lowest BCUT2D eigenvalue weighted by Gasteiger charge is -2.20. The van der Waals surface area contributed by atoms with Gasteiger partial charge in [0.1, 0.15) is 0 Å². The topological polar surface area (TPSA) is 22.0 Å². The van der Waals surface area contributed by atoms with E-state index in [0.29, 0.717) is 0 Å². The molecule has 0 unspecified atom stereocenters. The Kier molecular flexibility index (Phi) is 4.00. The zero-order valence-corrected chi connectivity index (χ0v) is 11.5. The number of aromatic nitrogens is 1. The molecule has 0 amide bonds. The lowest BCUT2D eigenvalue weighted by atomic mass is 10.0. The van der Waals surface area contributed by atoms with Gasteiger partial charge in [0.15, 0.2) is 0 Å². The number of aryl methyl sites for hydroxylation is 1. The summed E-state index contributed by atoms with van der Waals surface area (Å²) in [5.74, 6) is 0. The van der Waals surface area contributed by atoms with Crippen molar-refractivity contribution in [3.63, 3.8) is 0 Å². The van der Waals surface area contributed by atoms with E-state index < -0.39 is 0 Å². The van der Waals surface area contributed by atoms with E-state index >= 15 is 0 Å². The Morgan fingerprint density at radius 1 is 1.21 bits per heavy atom. The summed E-state index contributed by atoms with van der Waals surface area (Å²) in [5, 5.41) is 0. The average Bonchev–Trinajstić information content (AvgIpc) is 2.40. The van der Waals surface area contributed by atoms with Crippen LogP contribution in [-0.2, 0) is 6.42 Å². The van der Waals surface area contributed by atoms with Crippen molar-refractivity contribution in [2.24, 2.45) is 0 Å². The smallest absolute Gasteiger partial charge is 0.254 e. The highest BCUT2D eigenvalue weighted by molar-refractivity contribution is 5.20. The first-order valence-electron chi connectivity index (χ1n) is 6.46. The highest BCUT2D eigenvalue weighted by atomic mass is 16.1. The summed E-state index contributed by atoms with van der Waals surface area (Å²) in [6.45, 7) is 7.86. The Bertz CT molecular complexity index is 625. The minimum absolute atomic E-state index is 0.00907. The number of pyridine rings is 1. The van der Waals surface area contributed by atoms with Gasteiger partial charge in [0, 0.05) is 11.8 Å². The van der Waals surface area contributed by atoms with Gasteiger partial charge in [0.25, 0.3) is 5.56 Å². The number of allylic oxidation sites excluding steroid dienone is 1. The molecular weight excluding hydrogens is 234 g/mol. The fourth-order valence-corrected chi connectivity index (χ4v) is 2.22. The van der Waals surface area contributed by atoms with Crippen LogP contribution in [0.25, 0.3) is 0 Å². The fourth-order valence-electron chi connectivity index (χ4n) is 2.22. The van der Waals surface area contributed by atoms with Crippen LogP contribution in [0.2, 0.25) is 0 Å². The van der Waals surface area contributed by atoms with Crippen LogP contribution in [0.15, 0.2) is 65.6 Å². The van der Waals surface area contributed by atoms with E-state index in [0.717, 1.165) is 17.6 Å². The van der Waals surface area contributed by atoms with Gasteiger partial charge < -0.3 is 4.57 Å². The highest BCUT2D eigenvalue weighted by Crippen LogP contribution is 2.19. The summed E-state index contributed by atoms with van der Waals surface area (Å²) >= 11 is 0. The number of hydrogen-bond donors (Lipinski definition) is 0. The Morgan fingerprint density at radius 3 is 2.53 bits per heavy atom. The van der Waals surface area contributed by atoms with E-state index in [4.69, 9.17) is 0 Å². The van der Waals surface area contributed by atoms with E-state index in [-0.39, 0.29) is 11.6 Å². The fraction of sp³-hybridized carbons (Fsp3) is 0.235.